The molecule has 1 aromatic heterocycles. The molecular weight excluding hydrogens is 230 g/mol. The number of amides is 1. The third kappa shape index (κ3) is 3.59. The smallest absolute Gasteiger partial charge is 0.326 e. The van der Waals surface area contributed by atoms with Gasteiger partial charge >= 0.3 is 11.9 Å². The molecular formula is C9H11N3O5. The standard InChI is InChI=1S/C9H11N3O5/c1-12-4-5(3-10-12)8(15)11-6(9(16)17)2-7(13)14/h3-4,6H,2H2,1H3,(H,11,15)(H,13,14)(H,16,17)/t6-/m0/s1. The third-order valence-corrected chi connectivity index (χ3v) is 1.95. The fourth-order valence-electron chi connectivity index (χ4n) is 1.15. The molecule has 92 valence electrons. The van der Waals surface area contributed by atoms with E-state index in [1.165, 1.54) is 17.1 Å². The van der Waals surface area contributed by atoms with Crippen LogP contribution in [-0.2, 0) is 16.6 Å². The van der Waals surface area contributed by atoms with Crippen LogP contribution in [0.25, 0.3) is 0 Å². The van der Waals surface area contributed by atoms with Crippen LogP contribution >= 0.6 is 0 Å². The van der Waals surface area contributed by atoms with Crippen molar-refractivity contribution in [3.63, 3.8) is 0 Å². The first-order valence-electron chi connectivity index (χ1n) is 4.64. The van der Waals surface area contributed by atoms with Crippen molar-refractivity contribution in [3.8, 4) is 0 Å². The van der Waals surface area contributed by atoms with E-state index in [0.717, 1.165) is 0 Å². The van der Waals surface area contributed by atoms with E-state index in [-0.39, 0.29) is 5.56 Å². The first-order chi connectivity index (χ1) is 7.90. The molecule has 0 saturated carbocycles. The molecule has 1 amide bonds. The molecule has 8 heteroatoms. The number of carboxylic acid groups (broad SMARTS) is 2. The summed E-state index contributed by atoms with van der Waals surface area (Å²) in [6.07, 6.45) is 1.98. The quantitative estimate of drug-likeness (QED) is 0.612. The van der Waals surface area contributed by atoms with Gasteiger partial charge in [0.2, 0.25) is 0 Å². The average Bonchev–Trinajstić information content (AvgIpc) is 2.63. The Morgan fingerprint density at radius 3 is 2.53 bits per heavy atom. The summed E-state index contributed by atoms with van der Waals surface area (Å²) in [7, 11) is 1.60. The maximum atomic E-state index is 11.5. The second-order valence-corrected chi connectivity index (χ2v) is 3.36. The van der Waals surface area contributed by atoms with Crippen molar-refractivity contribution >= 4 is 17.8 Å². The van der Waals surface area contributed by atoms with Gasteiger partial charge in [0.25, 0.3) is 5.91 Å². The molecule has 1 rings (SSSR count). The minimum absolute atomic E-state index is 0.170. The van der Waals surface area contributed by atoms with Crippen molar-refractivity contribution in [2.24, 2.45) is 7.05 Å². The zero-order chi connectivity index (χ0) is 13.0. The molecule has 0 aliphatic rings. The summed E-state index contributed by atoms with van der Waals surface area (Å²) in [5.41, 5.74) is 0.170. The van der Waals surface area contributed by atoms with E-state index in [4.69, 9.17) is 10.2 Å². The number of aromatic nitrogens is 2. The van der Waals surface area contributed by atoms with Crippen molar-refractivity contribution in [2.45, 2.75) is 12.5 Å². The Morgan fingerprint density at radius 1 is 1.47 bits per heavy atom. The Bertz CT molecular complexity index is 453. The normalized spacial score (nSPS) is 11.8. The van der Waals surface area contributed by atoms with Gasteiger partial charge in [0, 0.05) is 13.2 Å². The number of aliphatic carboxylic acids is 2. The fourth-order valence-corrected chi connectivity index (χ4v) is 1.15. The molecule has 8 nitrogen and oxygen atoms in total. The molecule has 0 aromatic carbocycles. The van der Waals surface area contributed by atoms with Gasteiger partial charge in [-0.3, -0.25) is 14.3 Å². The van der Waals surface area contributed by atoms with E-state index in [0.29, 0.717) is 0 Å². The van der Waals surface area contributed by atoms with Crippen molar-refractivity contribution in [2.75, 3.05) is 0 Å². The van der Waals surface area contributed by atoms with Crippen LogP contribution in [0.1, 0.15) is 16.8 Å². The van der Waals surface area contributed by atoms with Gasteiger partial charge in [0.15, 0.2) is 0 Å². The van der Waals surface area contributed by atoms with E-state index in [1.54, 1.807) is 7.05 Å². The largest absolute Gasteiger partial charge is 0.481 e. The number of hydrogen-bond acceptors (Lipinski definition) is 4. The average molecular weight is 241 g/mol. The van der Waals surface area contributed by atoms with Crippen molar-refractivity contribution in [1.29, 1.82) is 0 Å². The maximum Gasteiger partial charge on any atom is 0.326 e. The summed E-state index contributed by atoms with van der Waals surface area (Å²) in [6, 6.07) is -1.46. The first kappa shape index (κ1) is 12.7. The lowest BCUT2D eigenvalue weighted by Crippen LogP contribution is -2.42. The molecule has 3 N–H and O–H groups in total. The molecule has 0 bridgehead atoms. The van der Waals surface area contributed by atoms with Crippen LogP contribution in [0.3, 0.4) is 0 Å². The molecule has 0 fully saturated rings. The van der Waals surface area contributed by atoms with Gasteiger partial charge < -0.3 is 15.5 Å². The van der Waals surface area contributed by atoms with Crippen molar-refractivity contribution in [3.05, 3.63) is 18.0 Å². The number of nitrogens with one attached hydrogen (secondary N) is 1. The highest BCUT2D eigenvalue weighted by atomic mass is 16.4. The zero-order valence-electron chi connectivity index (χ0n) is 8.95. The lowest BCUT2D eigenvalue weighted by molar-refractivity contribution is -0.145. The van der Waals surface area contributed by atoms with E-state index in [2.05, 4.69) is 10.4 Å². The summed E-state index contributed by atoms with van der Waals surface area (Å²) >= 11 is 0. The molecule has 0 saturated heterocycles. The number of carboxylic acids is 2. The van der Waals surface area contributed by atoms with E-state index < -0.39 is 30.3 Å². The minimum Gasteiger partial charge on any atom is -0.481 e. The fraction of sp³-hybridized carbons (Fsp3) is 0.333. The number of carbonyl (C=O) groups excluding carboxylic acids is 1. The maximum absolute atomic E-state index is 11.5. The number of hydrogen-bond donors (Lipinski definition) is 3. The van der Waals surface area contributed by atoms with E-state index >= 15 is 0 Å². The molecule has 0 unspecified atom stereocenters. The number of aryl methyl sites for hydroxylation is 1. The van der Waals surface area contributed by atoms with Crippen LogP contribution in [0, 0.1) is 0 Å². The van der Waals surface area contributed by atoms with Gasteiger partial charge in [-0.15, -0.1) is 0 Å². The summed E-state index contributed by atoms with van der Waals surface area (Å²) < 4.78 is 1.38. The topological polar surface area (TPSA) is 122 Å². The highest BCUT2D eigenvalue weighted by Gasteiger charge is 2.23. The minimum atomic E-state index is -1.46. The van der Waals surface area contributed by atoms with Crippen molar-refractivity contribution < 1.29 is 24.6 Å². The first-order valence-corrected chi connectivity index (χ1v) is 4.64. The Labute approximate surface area is 95.9 Å². The van der Waals surface area contributed by atoms with E-state index in [9.17, 15) is 14.4 Å². The number of rotatable bonds is 5. The Balaban J connectivity index is 2.70. The van der Waals surface area contributed by atoms with Crippen LogP contribution < -0.4 is 5.32 Å². The van der Waals surface area contributed by atoms with E-state index in [1.807, 2.05) is 0 Å². The second-order valence-electron chi connectivity index (χ2n) is 3.36. The van der Waals surface area contributed by atoms with Gasteiger partial charge in [-0.1, -0.05) is 0 Å². The molecule has 1 atom stereocenters. The lowest BCUT2D eigenvalue weighted by Gasteiger charge is -2.11. The molecule has 0 aliphatic heterocycles. The van der Waals surface area contributed by atoms with Gasteiger partial charge in [0.05, 0.1) is 18.2 Å². The molecule has 17 heavy (non-hydrogen) atoms. The van der Waals surface area contributed by atoms with Gasteiger partial charge in [-0.2, -0.15) is 5.10 Å². The van der Waals surface area contributed by atoms with Crippen LogP contribution in [-0.4, -0.2) is 43.9 Å². The van der Waals surface area contributed by atoms with Crippen LogP contribution in [0.15, 0.2) is 12.4 Å². The number of nitrogens with zero attached hydrogens (tertiary/aromatic N) is 2. The summed E-state index contributed by atoms with van der Waals surface area (Å²) in [5.74, 6) is -3.37. The zero-order valence-corrected chi connectivity index (χ0v) is 8.95. The summed E-state index contributed by atoms with van der Waals surface area (Å²) in [6.45, 7) is 0. The Kier molecular flexibility index (Phi) is 3.81. The highest BCUT2D eigenvalue weighted by molar-refractivity contribution is 5.96. The second kappa shape index (κ2) is 5.10. The Morgan fingerprint density at radius 2 is 2.12 bits per heavy atom. The Hall–Kier alpha value is -2.38. The van der Waals surface area contributed by atoms with Gasteiger partial charge in [0.1, 0.15) is 6.04 Å². The van der Waals surface area contributed by atoms with Gasteiger partial charge in [-0.25, -0.2) is 4.79 Å². The molecule has 0 aliphatic carbocycles. The van der Waals surface area contributed by atoms with Crippen LogP contribution in [0.5, 0.6) is 0 Å². The van der Waals surface area contributed by atoms with Crippen molar-refractivity contribution in [1.82, 2.24) is 15.1 Å². The molecule has 0 spiro atoms. The molecule has 1 heterocycles. The number of carbonyl (C=O) groups is 3. The molecule has 1 aromatic rings. The summed E-state index contributed by atoms with van der Waals surface area (Å²) in [4.78, 5) is 32.6. The van der Waals surface area contributed by atoms with Crippen LogP contribution in [0.4, 0.5) is 0 Å². The van der Waals surface area contributed by atoms with Crippen LogP contribution in [0.2, 0.25) is 0 Å². The monoisotopic (exact) mass is 241 g/mol. The predicted octanol–water partition coefficient (Wildman–Crippen LogP) is -0.922. The highest BCUT2D eigenvalue weighted by Crippen LogP contribution is 1.99. The third-order valence-electron chi connectivity index (χ3n) is 1.95. The lowest BCUT2D eigenvalue weighted by atomic mass is 10.2. The summed E-state index contributed by atoms with van der Waals surface area (Å²) in [5, 5.41) is 23.1. The SMILES string of the molecule is Cn1cc(C(=O)N[C@@H](CC(=O)O)C(=O)O)cn1. The molecule has 0 radical (unpaired) electrons. The predicted molar refractivity (Wildman–Crippen MR) is 54.4 cm³/mol. The van der Waals surface area contributed by atoms with Gasteiger partial charge in [-0.05, 0) is 0 Å².